The first-order chi connectivity index (χ1) is 15.1. The van der Waals surface area contributed by atoms with Gasteiger partial charge in [0.15, 0.2) is 0 Å². The highest BCUT2D eigenvalue weighted by Crippen LogP contribution is 2.19. The van der Waals surface area contributed by atoms with Gasteiger partial charge in [0.1, 0.15) is 6.04 Å². The molecule has 0 saturated heterocycles. The number of aryl methyl sites for hydroxylation is 1. The second-order valence-electron chi connectivity index (χ2n) is 8.32. The molecule has 0 bridgehead atoms. The quantitative estimate of drug-likeness (QED) is 0.549. The second kappa shape index (κ2) is 12.1. The molecule has 0 heterocycles. The summed E-state index contributed by atoms with van der Waals surface area (Å²) >= 11 is 0. The Bertz CT molecular complexity index is 861. The van der Waals surface area contributed by atoms with Crippen molar-refractivity contribution in [3.05, 3.63) is 83.4 Å². The highest BCUT2D eigenvalue weighted by molar-refractivity contribution is 5.87. The molecule has 4 nitrogen and oxygen atoms in total. The van der Waals surface area contributed by atoms with E-state index < -0.39 is 6.04 Å². The van der Waals surface area contributed by atoms with Crippen LogP contribution in [0.1, 0.15) is 56.6 Å². The first kappa shape index (κ1) is 22.8. The van der Waals surface area contributed by atoms with E-state index >= 15 is 0 Å². The highest BCUT2D eigenvalue weighted by Gasteiger charge is 2.25. The molecule has 0 saturated carbocycles. The first-order valence-electron chi connectivity index (χ1n) is 11.5. The molecule has 0 fully saturated rings. The molecule has 1 atom stereocenters. The number of nitrogens with zero attached hydrogens (tertiary/aromatic N) is 1. The van der Waals surface area contributed by atoms with Crippen molar-refractivity contribution in [2.45, 2.75) is 64.5 Å². The molecule has 0 aromatic heterocycles. The topological polar surface area (TPSA) is 49.4 Å². The average molecular weight is 419 g/mol. The molecule has 1 N–H and O–H groups in total. The predicted molar refractivity (Wildman–Crippen MR) is 125 cm³/mol. The molecule has 2 aromatic carbocycles. The standard InChI is InChI=1S/C27H34N2O2/c1-22(27(31)28-20-19-24-13-7-3-8-14-24)29(21-25-15-9-4-10-16-25)26(30)18-17-23-11-5-2-6-12-23/h2,4-6,9-13,15-16,22H,3,7-8,14,17-21H2,1H3,(H,28,31)/t22-/m0/s1. The fourth-order valence-electron chi connectivity index (χ4n) is 4.03. The van der Waals surface area contributed by atoms with E-state index in [0.29, 0.717) is 25.9 Å². The van der Waals surface area contributed by atoms with Crippen LogP contribution >= 0.6 is 0 Å². The lowest BCUT2D eigenvalue weighted by Crippen LogP contribution is -2.47. The third-order valence-corrected chi connectivity index (χ3v) is 5.96. The Morgan fingerprint density at radius 2 is 1.61 bits per heavy atom. The Morgan fingerprint density at radius 3 is 2.26 bits per heavy atom. The zero-order chi connectivity index (χ0) is 21.9. The molecular formula is C27H34N2O2. The van der Waals surface area contributed by atoms with Crippen LogP contribution in [-0.4, -0.2) is 29.3 Å². The van der Waals surface area contributed by atoms with Gasteiger partial charge in [-0.05, 0) is 56.6 Å². The largest absolute Gasteiger partial charge is 0.354 e. The van der Waals surface area contributed by atoms with Gasteiger partial charge in [-0.3, -0.25) is 9.59 Å². The number of benzene rings is 2. The van der Waals surface area contributed by atoms with Gasteiger partial charge in [-0.2, -0.15) is 0 Å². The van der Waals surface area contributed by atoms with E-state index in [-0.39, 0.29) is 11.8 Å². The number of nitrogens with one attached hydrogen (secondary N) is 1. The lowest BCUT2D eigenvalue weighted by Gasteiger charge is -2.29. The van der Waals surface area contributed by atoms with Crippen molar-refractivity contribution in [1.29, 1.82) is 0 Å². The van der Waals surface area contributed by atoms with Crippen LogP contribution in [0.2, 0.25) is 0 Å². The molecule has 1 aliphatic rings. The van der Waals surface area contributed by atoms with Crippen molar-refractivity contribution in [3.63, 3.8) is 0 Å². The van der Waals surface area contributed by atoms with Gasteiger partial charge in [0.25, 0.3) is 0 Å². The van der Waals surface area contributed by atoms with Gasteiger partial charge in [-0.15, -0.1) is 0 Å². The van der Waals surface area contributed by atoms with E-state index in [1.165, 1.54) is 18.4 Å². The summed E-state index contributed by atoms with van der Waals surface area (Å²) in [6, 6.07) is 19.4. The summed E-state index contributed by atoms with van der Waals surface area (Å²) in [7, 11) is 0. The van der Waals surface area contributed by atoms with Crippen LogP contribution in [-0.2, 0) is 22.6 Å². The number of amides is 2. The van der Waals surface area contributed by atoms with Gasteiger partial charge in [0, 0.05) is 19.5 Å². The summed E-state index contributed by atoms with van der Waals surface area (Å²) in [5, 5.41) is 3.05. The maximum atomic E-state index is 13.1. The molecule has 164 valence electrons. The summed E-state index contributed by atoms with van der Waals surface area (Å²) in [6.45, 7) is 2.90. The molecular weight excluding hydrogens is 384 g/mol. The van der Waals surface area contributed by atoms with Crippen molar-refractivity contribution in [1.82, 2.24) is 10.2 Å². The zero-order valence-electron chi connectivity index (χ0n) is 18.6. The Kier molecular flexibility index (Phi) is 8.89. The Balaban J connectivity index is 1.60. The Labute approximate surface area is 186 Å². The van der Waals surface area contributed by atoms with Gasteiger partial charge < -0.3 is 10.2 Å². The number of hydrogen-bond acceptors (Lipinski definition) is 2. The van der Waals surface area contributed by atoms with Crippen molar-refractivity contribution >= 4 is 11.8 Å². The monoisotopic (exact) mass is 418 g/mol. The smallest absolute Gasteiger partial charge is 0.242 e. The van der Waals surface area contributed by atoms with Crippen LogP contribution in [0.25, 0.3) is 0 Å². The predicted octanol–water partition coefficient (Wildman–Crippen LogP) is 5.04. The lowest BCUT2D eigenvalue weighted by molar-refractivity contribution is -0.140. The van der Waals surface area contributed by atoms with E-state index in [2.05, 4.69) is 11.4 Å². The molecule has 1 aliphatic carbocycles. The van der Waals surface area contributed by atoms with Crippen LogP contribution in [0.5, 0.6) is 0 Å². The van der Waals surface area contributed by atoms with E-state index in [1.807, 2.05) is 67.6 Å². The molecule has 0 aliphatic heterocycles. The fourth-order valence-corrected chi connectivity index (χ4v) is 4.03. The number of rotatable bonds is 10. The van der Waals surface area contributed by atoms with Crippen molar-refractivity contribution in [3.8, 4) is 0 Å². The van der Waals surface area contributed by atoms with Crippen LogP contribution in [0.3, 0.4) is 0 Å². The lowest BCUT2D eigenvalue weighted by atomic mass is 9.97. The van der Waals surface area contributed by atoms with Crippen molar-refractivity contribution < 1.29 is 9.59 Å². The van der Waals surface area contributed by atoms with E-state index in [4.69, 9.17) is 0 Å². The molecule has 0 radical (unpaired) electrons. The van der Waals surface area contributed by atoms with E-state index in [9.17, 15) is 9.59 Å². The van der Waals surface area contributed by atoms with Crippen LogP contribution < -0.4 is 5.32 Å². The molecule has 4 heteroatoms. The summed E-state index contributed by atoms with van der Waals surface area (Å²) in [5.41, 5.74) is 3.61. The van der Waals surface area contributed by atoms with E-state index in [0.717, 1.165) is 30.4 Å². The maximum Gasteiger partial charge on any atom is 0.242 e. The minimum absolute atomic E-state index is 0.00495. The molecule has 31 heavy (non-hydrogen) atoms. The average Bonchev–Trinajstić information content (AvgIpc) is 2.82. The number of carbonyl (C=O) groups is 2. The van der Waals surface area contributed by atoms with Crippen LogP contribution in [0, 0.1) is 0 Å². The number of hydrogen-bond donors (Lipinski definition) is 1. The zero-order valence-corrected chi connectivity index (χ0v) is 18.6. The van der Waals surface area contributed by atoms with Crippen molar-refractivity contribution in [2.24, 2.45) is 0 Å². The molecule has 2 amide bonds. The molecule has 3 rings (SSSR count). The second-order valence-corrected chi connectivity index (χ2v) is 8.32. The van der Waals surface area contributed by atoms with Crippen molar-refractivity contribution in [2.75, 3.05) is 6.54 Å². The molecule has 0 spiro atoms. The summed E-state index contributed by atoms with van der Waals surface area (Å²) in [6.07, 6.45) is 9.09. The Hall–Kier alpha value is -2.88. The summed E-state index contributed by atoms with van der Waals surface area (Å²) in [5.74, 6) is -0.0780. The molecule has 0 unspecified atom stereocenters. The van der Waals surface area contributed by atoms with Gasteiger partial charge in [-0.25, -0.2) is 0 Å². The third-order valence-electron chi connectivity index (χ3n) is 5.96. The highest BCUT2D eigenvalue weighted by atomic mass is 16.2. The third kappa shape index (κ3) is 7.39. The molecule has 2 aromatic rings. The van der Waals surface area contributed by atoms with Gasteiger partial charge in [0.2, 0.25) is 11.8 Å². The van der Waals surface area contributed by atoms with Crippen LogP contribution in [0.15, 0.2) is 72.3 Å². The summed E-state index contributed by atoms with van der Waals surface area (Å²) < 4.78 is 0. The minimum Gasteiger partial charge on any atom is -0.354 e. The van der Waals surface area contributed by atoms with Gasteiger partial charge in [0.05, 0.1) is 0 Å². The number of carbonyl (C=O) groups excluding carboxylic acids is 2. The number of allylic oxidation sites excluding steroid dienone is 1. The fraction of sp³-hybridized carbons (Fsp3) is 0.407. The Morgan fingerprint density at radius 1 is 0.935 bits per heavy atom. The van der Waals surface area contributed by atoms with E-state index in [1.54, 1.807) is 4.90 Å². The normalized spacial score (nSPS) is 14.4. The maximum absolute atomic E-state index is 13.1. The van der Waals surface area contributed by atoms with Crippen LogP contribution in [0.4, 0.5) is 0 Å². The summed E-state index contributed by atoms with van der Waals surface area (Å²) in [4.78, 5) is 27.7. The minimum atomic E-state index is -0.510. The van der Waals surface area contributed by atoms with Gasteiger partial charge in [-0.1, -0.05) is 72.3 Å². The van der Waals surface area contributed by atoms with Gasteiger partial charge >= 0.3 is 0 Å². The first-order valence-corrected chi connectivity index (χ1v) is 11.5. The SMILES string of the molecule is C[C@@H](C(=O)NCCC1=CCCCC1)N(Cc1ccccc1)C(=O)CCc1ccccc1.